The van der Waals surface area contributed by atoms with Crippen molar-refractivity contribution in [3.05, 3.63) is 59.1 Å². The van der Waals surface area contributed by atoms with E-state index in [1.54, 1.807) is 4.68 Å². The molecule has 1 spiro atoms. The lowest BCUT2D eigenvalue weighted by atomic mass is 9.73. The third-order valence-corrected chi connectivity index (χ3v) is 9.18. The predicted octanol–water partition coefficient (Wildman–Crippen LogP) is 4.10. The van der Waals surface area contributed by atoms with Crippen LogP contribution in [0.1, 0.15) is 30.1 Å². The molecule has 0 radical (unpaired) electrons. The number of benzene rings is 1. The summed E-state index contributed by atoms with van der Waals surface area (Å²) in [4.78, 5) is 12.3. The predicted molar refractivity (Wildman–Crippen MR) is 144 cm³/mol. The molecule has 8 rings (SSSR count). The fourth-order valence-electron chi connectivity index (χ4n) is 6.70. The monoisotopic (exact) mass is 511 g/mol. The number of halogens is 1. The van der Waals surface area contributed by atoms with Crippen molar-refractivity contribution in [2.75, 3.05) is 18.0 Å². The summed E-state index contributed by atoms with van der Waals surface area (Å²) in [5.74, 6) is 0.994. The van der Waals surface area contributed by atoms with Gasteiger partial charge in [-0.05, 0) is 42.9 Å². The molecule has 1 aromatic carbocycles. The molecule has 5 aromatic heterocycles. The molecule has 0 amide bonds. The first-order valence-electron chi connectivity index (χ1n) is 12.7. The maximum atomic E-state index is 6.87. The number of rotatable bonds is 2. The van der Waals surface area contributed by atoms with E-state index in [9.17, 15) is 0 Å². The molecule has 1 atom stereocenters. The number of aromatic nitrogens is 7. The van der Waals surface area contributed by atoms with Gasteiger partial charge >= 0.3 is 0 Å². The Kier molecular flexibility index (Phi) is 4.17. The summed E-state index contributed by atoms with van der Waals surface area (Å²) >= 11 is 6.87. The number of aryl methyl sites for hydroxylation is 2. The first-order valence-corrected chi connectivity index (χ1v) is 13.0. The van der Waals surface area contributed by atoms with E-state index in [2.05, 4.69) is 31.6 Å². The van der Waals surface area contributed by atoms with Gasteiger partial charge in [0.2, 0.25) is 0 Å². The number of hydrogen-bond donors (Lipinski definition) is 1. The summed E-state index contributed by atoms with van der Waals surface area (Å²) < 4.78 is 5.94. The summed E-state index contributed by atoms with van der Waals surface area (Å²) in [6.07, 6.45) is 8.92. The van der Waals surface area contributed by atoms with Crippen molar-refractivity contribution in [2.24, 2.45) is 25.2 Å². The molecule has 6 aromatic rings. The number of imidazole rings is 2. The van der Waals surface area contributed by atoms with Crippen molar-refractivity contribution in [3.8, 4) is 11.1 Å². The Morgan fingerprint density at radius 3 is 2.68 bits per heavy atom. The molecule has 1 aliphatic carbocycles. The topological polar surface area (TPSA) is 95.1 Å². The van der Waals surface area contributed by atoms with E-state index in [0.717, 1.165) is 77.0 Å². The van der Waals surface area contributed by atoms with Crippen LogP contribution in [0.4, 0.5) is 5.82 Å². The Labute approximate surface area is 217 Å². The highest BCUT2D eigenvalue weighted by molar-refractivity contribution is 6.38. The number of nitrogens with two attached hydrogens (primary N) is 1. The van der Waals surface area contributed by atoms with Crippen LogP contribution < -0.4 is 10.6 Å². The van der Waals surface area contributed by atoms with Crippen LogP contribution in [0.3, 0.4) is 0 Å². The molecule has 9 nitrogen and oxygen atoms in total. The van der Waals surface area contributed by atoms with Gasteiger partial charge < -0.3 is 10.6 Å². The standard InChI is InChI=1S/C27H26ClN9/c1-34-14-18-19(33-34)5-3-15(23(18)28)16-4-6-22-32-26(21-13-30-25(16)37(21)22)36-9-7-27(8-10-36)11-20-17(24(27)29)12-31-35(20)2/h3-6,12-14,24H,7-11,29H2,1-2H3/t24-/m1/s1. The molecule has 0 saturated carbocycles. The second-order valence-electron chi connectivity index (χ2n) is 10.7. The molecule has 1 aliphatic heterocycles. The van der Waals surface area contributed by atoms with Crippen molar-refractivity contribution in [2.45, 2.75) is 25.3 Å². The van der Waals surface area contributed by atoms with Gasteiger partial charge in [-0.2, -0.15) is 10.2 Å². The molecule has 1 saturated heterocycles. The number of piperidine rings is 1. The van der Waals surface area contributed by atoms with Crippen LogP contribution in [0.2, 0.25) is 5.02 Å². The second-order valence-corrected chi connectivity index (χ2v) is 11.1. The van der Waals surface area contributed by atoms with Crippen LogP contribution in [0.15, 0.2) is 42.9 Å². The molecule has 0 unspecified atom stereocenters. The largest absolute Gasteiger partial charge is 0.355 e. The van der Waals surface area contributed by atoms with E-state index in [-0.39, 0.29) is 11.5 Å². The summed E-state index contributed by atoms with van der Waals surface area (Å²) in [6, 6.07) is 8.23. The highest BCUT2D eigenvalue weighted by Crippen LogP contribution is 2.51. The number of fused-ring (bicyclic) bond motifs is 2. The molecule has 10 heteroatoms. The smallest absolute Gasteiger partial charge is 0.157 e. The highest BCUT2D eigenvalue weighted by atomic mass is 35.5. The minimum absolute atomic E-state index is 0.0483. The van der Waals surface area contributed by atoms with Gasteiger partial charge in [0.05, 0.1) is 22.9 Å². The summed E-state index contributed by atoms with van der Waals surface area (Å²) in [5.41, 5.74) is 15.0. The number of anilines is 1. The number of hydrogen-bond acceptors (Lipinski definition) is 6. The molecular weight excluding hydrogens is 486 g/mol. The lowest BCUT2D eigenvalue weighted by Crippen LogP contribution is -2.44. The Bertz CT molecular complexity index is 1840. The quantitative estimate of drug-likeness (QED) is 0.376. The molecule has 186 valence electrons. The average molecular weight is 512 g/mol. The van der Waals surface area contributed by atoms with E-state index < -0.39 is 0 Å². The lowest BCUT2D eigenvalue weighted by Gasteiger charge is -2.42. The third-order valence-electron chi connectivity index (χ3n) is 8.78. The molecule has 1 fully saturated rings. The molecule has 2 aliphatic rings. The van der Waals surface area contributed by atoms with Crippen LogP contribution in [0.25, 0.3) is 38.8 Å². The minimum Gasteiger partial charge on any atom is -0.355 e. The highest BCUT2D eigenvalue weighted by Gasteiger charge is 2.48. The SMILES string of the molecule is Cn1cc2c(Cl)c(-c3ccc4nc(N5CCC6(CC5)Cc5c(cnn5C)[C@H]6N)c5cnc3n45)ccc2n1. The van der Waals surface area contributed by atoms with Gasteiger partial charge in [-0.25, -0.2) is 9.97 Å². The van der Waals surface area contributed by atoms with Gasteiger partial charge in [0, 0.05) is 67.2 Å². The molecule has 0 bridgehead atoms. The van der Waals surface area contributed by atoms with Crippen LogP contribution in [-0.4, -0.2) is 47.0 Å². The van der Waals surface area contributed by atoms with Crippen molar-refractivity contribution < 1.29 is 0 Å². The van der Waals surface area contributed by atoms with Crippen molar-refractivity contribution in [3.63, 3.8) is 0 Å². The van der Waals surface area contributed by atoms with Gasteiger partial charge in [0.15, 0.2) is 5.82 Å². The maximum Gasteiger partial charge on any atom is 0.157 e. The third kappa shape index (κ3) is 2.78. The van der Waals surface area contributed by atoms with Crippen molar-refractivity contribution in [1.29, 1.82) is 0 Å². The average Bonchev–Trinajstić information content (AvgIpc) is 3.69. The molecule has 2 N–H and O–H groups in total. The Balaban J connectivity index is 1.15. The van der Waals surface area contributed by atoms with Crippen LogP contribution in [0, 0.1) is 5.41 Å². The minimum atomic E-state index is 0.0483. The van der Waals surface area contributed by atoms with Gasteiger partial charge in [0.1, 0.15) is 16.8 Å². The summed E-state index contributed by atoms with van der Waals surface area (Å²) in [7, 11) is 3.93. The van der Waals surface area contributed by atoms with E-state index in [4.69, 9.17) is 27.3 Å². The fraction of sp³-hybridized carbons (Fsp3) is 0.333. The first kappa shape index (κ1) is 21.4. The Hall–Kier alpha value is -3.69. The van der Waals surface area contributed by atoms with Crippen molar-refractivity contribution in [1.82, 2.24) is 33.9 Å². The fourth-order valence-corrected chi connectivity index (χ4v) is 7.01. The summed E-state index contributed by atoms with van der Waals surface area (Å²) in [6.45, 7) is 1.84. The van der Waals surface area contributed by atoms with E-state index in [1.165, 1.54) is 11.3 Å². The summed E-state index contributed by atoms with van der Waals surface area (Å²) in [5, 5.41) is 10.5. The van der Waals surface area contributed by atoms with Crippen molar-refractivity contribution >= 4 is 45.1 Å². The molecule has 37 heavy (non-hydrogen) atoms. The van der Waals surface area contributed by atoms with Gasteiger partial charge in [-0.3, -0.25) is 13.8 Å². The van der Waals surface area contributed by atoms with Crippen LogP contribution in [-0.2, 0) is 20.5 Å². The van der Waals surface area contributed by atoms with E-state index in [1.807, 2.05) is 49.5 Å². The van der Waals surface area contributed by atoms with Gasteiger partial charge in [-0.15, -0.1) is 0 Å². The Morgan fingerprint density at radius 1 is 1.05 bits per heavy atom. The van der Waals surface area contributed by atoms with E-state index >= 15 is 0 Å². The zero-order chi connectivity index (χ0) is 25.1. The normalized spacial score (nSPS) is 19.2. The number of nitrogens with zero attached hydrogens (tertiary/aromatic N) is 8. The zero-order valence-corrected chi connectivity index (χ0v) is 21.4. The van der Waals surface area contributed by atoms with Crippen LogP contribution in [0.5, 0.6) is 0 Å². The lowest BCUT2D eigenvalue weighted by molar-refractivity contribution is 0.184. The zero-order valence-electron chi connectivity index (χ0n) is 20.7. The van der Waals surface area contributed by atoms with Gasteiger partial charge in [0.25, 0.3) is 0 Å². The van der Waals surface area contributed by atoms with Crippen LogP contribution >= 0.6 is 11.6 Å². The number of pyridine rings is 1. The van der Waals surface area contributed by atoms with Gasteiger partial charge in [-0.1, -0.05) is 17.7 Å². The first-order chi connectivity index (χ1) is 17.9. The molecule has 6 heterocycles. The Morgan fingerprint density at radius 2 is 1.86 bits per heavy atom. The second kappa shape index (κ2) is 7.20. The molecular formula is C27H26ClN9. The van der Waals surface area contributed by atoms with E-state index in [0.29, 0.717) is 5.02 Å². The maximum absolute atomic E-state index is 6.87.